The first-order valence-electron chi connectivity index (χ1n) is 12.2. The maximum Gasteiger partial charge on any atom is 0.318 e. The summed E-state index contributed by atoms with van der Waals surface area (Å²) in [6.07, 6.45) is 0.861. The van der Waals surface area contributed by atoms with E-state index >= 15 is 0 Å². The van der Waals surface area contributed by atoms with Crippen LogP contribution in [0, 0.1) is 0 Å². The minimum atomic E-state index is -0.418. The van der Waals surface area contributed by atoms with E-state index in [0.717, 1.165) is 54.2 Å². The van der Waals surface area contributed by atoms with Gasteiger partial charge in [0.1, 0.15) is 11.5 Å². The fourth-order valence-corrected chi connectivity index (χ4v) is 5.76. The summed E-state index contributed by atoms with van der Waals surface area (Å²) in [5, 5.41) is 14.5. The van der Waals surface area contributed by atoms with E-state index in [1.165, 1.54) is 11.1 Å². The van der Waals surface area contributed by atoms with Crippen LogP contribution in [-0.4, -0.2) is 72.9 Å². The van der Waals surface area contributed by atoms with Gasteiger partial charge in [-0.25, -0.2) is 4.79 Å². The van der Waals surface area contributed by atoms with Crippen molar-refractivity contribution in [1.29, 1.82) is 0 Å². The molecule has 1 spiro atoms. The van der Waals surface area contributed by atoms with E-state index in [1.807, 2.05) is 36.1 Å². The zero-order valence-corrected chi connectivity index (χ0v) is 20.6. The molecule has 2 aliphatic rings. The van der Waals surface area contributed by atoms with Crippen molar-refractivity contribution in [3.05, 3.63) is 59.3 Å². The number of benzene rings is 2. The van der Waals surface area contributed by atoms with Crippen LogP contribution in [-0.2, 0) is 12.0 Å². The summed E-state index contributed by atoms with van der Waals surface area (Å²) in [6, 6.07) is 13.7. The molecule has 3 heterocycles. The Morgan fingerprint density at radius 1 is 1.14 bits per heavy atom. The Morgan fingerprint density at radius 3 is 2.63 bits per heavy atom. The van der Waals surface area contributed by atoms with Crippen LogP contribution >= 0.6 is 0 Å². The summed E-state index contributed by atoms with van der Waals surface area (Å²) < 4.78 is 10.8. The van der Waals surface area contributed by atoms with E-state index in [-0.39, 0.29) is 18.1 Å². The fraction of sp³-hybridized carbons (Fsp3) is 0.444. The van der Waals surface area contributed by atoms with Gasteiger partial charge in [-0.3, -0.25) is 4.90 Å². The number of aliphatic hydroxyl groups is 1. The monoisotopic (exact) mass is 478 g/mol. The summed E-state index contributed by atoms with van der Waals surface area (Å²) in [5.74, 6) is 1.63. The van der Waals surface area contributed by atoms with E-state index in [2.05, 4.69) is 33.4 Å². The third-order valence-electron chi connectivity index (χ3n) is 7.30. The Labute approximate surface area is 205 Å². The zero-order valence-electron chi connectivity index (χ0n) is 20.6. The maximum atomic E-state index is 13.2. The molecule has 0 radical (unpaired) electrons. The Morgan fingerprint density at radius 2 is 1.91 bits per heavy atom. The van der Waals surface area contributed by atoms with Crippen LogP contribution in [0.1, 0.15) is 36.2 Å². The quantitative estimate of drug-likeness (QED) is 0.484. The molecule has 2 aliphatic heterocycles. The number of methoxy groups -OCH3 is 2. The summed E-state index contributed by atoms with van der Waals surface area (Å²) in [5.41, 5.74) is 4.10. The maximum absolute atomic E-state index is 13.2. The Balaban J connectivity index is 1.51. The summed E-state index contributed by atoms with van der Waals surface area (Å²) >= 11 is 0. The third-order valence-corrected chi connectivity index (χ3v) is 7.30. The first-order chi connectivity index (χ1) is 17.0. The molecular weight excluding hydrogens is 444 g/mol. The second kappa shape index (κ2) is 9.43. The van der Waals surface area contributed by atoms with Gasteiger partial charge in [0.15, 0.2) is 0 Å². The lowest BCUT2D eigenvalue weighted by atomic mass is 9.68. The first kappa shape index (κ1) is 23.5. The van der Waals surface area contributed by atoms with Gasteiger partial charge in [-0.15, -0.1) is 0 Å². The van der Waals surface area contributed by atoms with Crippen molar-refractivity contribution in [1.82, 2.24) is 20.1 Å². The smallest absolute Gasteiger partial charge is 0.318 e. The number of rotatable bonds is 7. The van der Waals surface area contributed by atoms with E-state index < -0.39 is 6.04 Å². The van der Waals surface area contributed by atoms with Gasteiger partial charge in [-0.1, -0.05) is 19.1 Å². The molecule has 35 heavy (non-hydrogen) atoms. The van der Waals surface area contributed by atoms with Gasteiger partial charge in [-0.05, 0) is 41.8 Å². The molecule has 2 aromatic carbocycles. The van der Waals surface area contributed by atoms with Crippen molar-refractivity contribution in [2.45, 2.75) is 31.3 Å². The molecule has 0 bridgehead atoms. The second-order valence-electron chi connectivity index (χ2n) is 9.66. The standard InChI is InChI=1S/C27H34N4O4/c1-4-10-28-26(33)31-17-27(15-30(16-27)13-18-6-5-7-19(11-18)34-2)24-21-9-8-20(35-3)12-22(21)29-25(24)23(31)14-32/h5-9,11-12,23,29,32H,4,10,13-17H2,1-3H3,(H,28,33)/t23-/m1/s1. The summed E-state index contributed by atoms with van der Waals surface area (Å²) in [4.78, 5) is 20.9. The highest BCUT2D eigenvalue weighted by molar-refractivity contribution is 5.89. The molecule has 186 valence electrons. The van der Waals surface area contributed by atoms with Crippen molar-refractivity contribution in [3.63, 3.8) is 0 Å². The Kier molecular flexibility index (Phi) is 6.34. The van der Waals surface area contributed by atoms with E-state index in [0.29, 0.717) is 13.1 Å². The van der Waals surface area contributed by atoms with Crippen LogP contribution in [0.2, 0.25) is 0 Å². The fourth-order valence-electron chi connectivity index (χ4n) is 5.76. The number of urea groups is 1. The highest BCUT2D eigenvalue weighted by Gasteiger charge is 2.53. The molecule has 1 aromatic heterocycles. The van der Waals surface area contributed by atoms with Crippen LogP contribution in [0.15, 0.2) is 42.5 Å². The van der Waals surface area contributed by atoms with Crippen LogP contribution in [0.25, 0.3) is 10.9 Å². The number of carbonyl (C=O) groups is 1. The van der Waals surface area contributed by atoms with Crippen LogP contribution in [0.3, 0.4) is 0 Å². The zero-order chi connectivity index (χ0) is 24.6. The number of carbonyl (C=O) groups excluding carboxylic acids is 1. The number of aromatic nitrogens is 1. The SMILES string of the molecule is CCCNC(=O)N1CC2(CN(Cc3cccc(OC)c3)C2)c2c([nH]c3cc(OC)ccc23)[C@H]1CO. The average molecular weight is 479 g/mol. The van der Waals surface area contributed by atoms with Crippen LogP contribution in [0.5, 0.6) is 11.5 Å². The number of likely N-dealkylation sites (tertiary alicyclic amines) is 1. The Bertz CT molecular complexity index is 1220. The number of fused-ring (bicyclic) bond motifs is 4. The minimum absolute atomic E-state index is 0.126. The molecule has 2 amide bonds. The van der Waals surface area contributed by atoms with Gasteiger partial charge in [0.25, 0.3) is 0 Å². The van der Waals surface area contributed by atoms with Gasteiger partial charge in [0.2, 0.25) is 0 Å². The van der Waals surface area contributed by atoms with Gasteiger partial charge in [-0.2, -0.15) is 0 Å². The number of hydrogen-bond donors (Lipinski definition) is 3. The molecule has 8 nitrogen and oxygen atoms in total. The number of aliphatic hydroxyl groups excluding tert-OH is 1. The van der Waals surface area contributed by atoms with Crippen LogP contribution < -0.4 is 14.8 Å². The molecule has 8 heteroatoms. The minimum Gasteiger partial charge on any atom is -0.497 e. The number of nitrogens with zero attached hydrogens (tertiary/aromatic N) is 2. The predicted octanol–water partition coefficient (Wildman–Crippen LogP) is 3.41. The normalized spacial score (nSPS) is 18.9. The summed E-state index contributed by atoms with van der Waals surface area (Å²) in [6.45, 7) is 5.54. The van der Waals surface area contributed by atoms with Gasteiger partial charge < -0.3 is 29.8 Å². The molecule has 0 saturated carbocycles. The number of amides is 2. The molecule has 5 rings (SSSR count). The first-order valence-corrected chi connectivity index (χ1v) is 12.2. The van der Waals surface area contributed by atoms with Crippen LogP contribution in [0.4, 0.5) is 4.79 Å². The van der Waals surface area contributed by atoms with Gasteiger partial charge in [0, 0.05) is 60.8 Å². The molecule has 0 aliphatic carbocycles. The lowest BCUT2D eigenvalue weighted by Gasteiger charge is -2.56. The van der Waals surface area contributed by atoms with Crippen molar-refractivity contribution < 1.29 is 19.4 Å². The molecule has 3 N–H and O–H groups in total. The molecule has 1 saturated heterocycles. The average Bonchev–Trinajstić information content (AvgIpc) is 3.25. The highest BCUT2D eigenvalue weighted by Crippen LogP contribution is 2.48. The largest absolute Gasteiger partial charge is 0.497 e. The Hall–Kier alpha value is -3.23. The van der Waals surface area contributed by atoms with Crippen molar-refractivity contribution in [2.75, 3.05) is 47.0 Å². The van der Waals surface area contributed by atoms with Gasteiger partial charge in [0.05, 0.1) is 26.9 Å². The summed E-state index contributed by atoms with van der Waals surface area (Å²) in [7, 11) is 3.34. The number of ether oxygens (including phenoxy) is 2. The molecule has 0 unspecified atom stereocenters. The number of hydrogen-bond acceptors (Lipinski definition) is 5. The lowest BCUT2D eigenvalue weighted by Crippen LogP contribution is -2.67. The molecule has 1 atom stereocenters. The molecule has 3 aromatic rings. The van der Waals surface area contributed by atoms with Crippen molar-refractivity contribution in [3.8, 4) is 11.5 Å². The third kappa shape index (κ3) is 4.10. The molecular formula is C27H34N4O4. The molecule has 1 fully saturated rings. The number of H-pyrrole nitrogens is 1. The van der Waals surface area contributed by atoms with E-state index in [4.69, 9.17) is 9.47 Å². The number of aromatic amines is 1. The highest BCUT2D eigenvalue weighted by atomic mass is 16.5. The van der Waals surface area contributed by atoms with Gasteiger partial charge >= 0.3 is 6.03 Å². The second-order valence-corrected chi connectivity index (χ2v) is 9.66. The predicted molar refractivity (Wildman–Crippen MR) is 135 cm³/mol. The number of nitrogens with one attached hydrogen (secondary N) is 2. The van der Waals surface area contributed by atoms with E-state index in [9.17, 15) is 9.90 Å². The topological polar surface area (TPSA) is 90.1 Å². The van der Waals surface area contributed by atoms with Crippen molar-refractivity contribution >= 4 is 16.9 Å². The lowest BCUT2D eigenvalue weighted by molar-refractivity contribution is 0.00642. The van der Waals surface area contributed by atoms with Crippen molar-refractivity contribution in [2.24, 2.45) is 0 Å². The van der Waals surface area contributed by atoms with E-state index in [1.54, 1.807) is 14.2 Å².